The third kappa shape index (κ3) is 3.88. The average molecular weight is 406 g/mol. The Bertz CT molecular complexity index is 590. The van der Waals surface area contributed by atoms with Gasteiger partial charge in [-0.15, -0.1) is 0 Å². The van der Waals surface area contributed by atoms with Gasteiger partial charge in [0.1, 0.15) is 5.75 Å². The van der Waals surface area contributed by atoms with Crippen LogP contribution in [-0.4, -0.2) is 7.11 Å². The maximum absolute atomic E-state index is 6.10. The Morgan fingerprint density at radius 2 is 1.95 bits per heavy atom. The van der Waals surface area contributed by atoms with Crippen molar-refractivity contribution in [3.63, 3.8) is 0 Å². The second-order valence-electron chi connectivity index (χ2n) is 3.95. The summed E-state index contributed by atoms with van der Waals surface area (Å²) in [5.41, 5.74) is 2.13. The lowest BCUT2D eigenvalue weighted by Crippen LogP contribution is -2.00. The van der Waals surface area contributed by atoms with Gasteiger partial charge in [0.25, 0.3) is 0 Å². The van der Waals surface area contributed by atoms with E-state index in [1.54, 1.807) is 7.11 Å². The first-order chi connectivity index (χ1) is 9.10. The van der Waals surface area contributed by atoms with Gasteiger partial charge >= 0.3 is 0 Å². The Hall–Kier alpha value is -0.710. The molecule has 0 amide bonds. The summed E-state index contributed by atoms with van der Waals surface area (Å²) in [7, 11) is 1.61. The zero-order valence-electron chi connectivity index (χ0n) is 10.2. The number of hydrogen-bond acceptors (Lipinski definition) is 2. The highest BCUT2D eigenvalue weighted by molar-refractivity contribution is 9.11. The fraction of sp³-hybridized carbons (Fsp3) is 0.143. The molecule has 0 saturated heterocycles. The predicted molar refractivity (Wildman–Crippen MR) is 87.2 cm³/mol. The van der Waals surface area contributed by atoms with E-state index in [0.717, 1.165) is 20.2 Å². The summed E-state index contributed by atoms with van der Waals surface area (Å²) in [5, 5.41) is 3.98. The van der Waals surface area contributed by atoms with Gasteiger partial charge in [-0.3, -0.25) is 0 Å². The van der Waals surface area contributed by atoms with E-state index in [1.807, 2.05) is 36.4 Å². The first kappa shape index (κ1) is 14.7. The minimum atomic E-state index is 0.622. The second-order valence-corrected chi connectivity index (χ2v) is 6.12. The lowest BCUT2D eigenvalue weighted by atomic mass is 10.2. The smallest absolute Gasteiger partial charge is 0.137 e. The van der Waals surface area contributed by atoms with Crippen LogP contribution in [0, 0.1) is 0 Å². The normalized spacial score (nSPS) is 10.3. The topological polar surface area (TPSA) is 21.3 Å². The van der Waals surface area contributed by atoms with E-state index in [0.29, 0.717) is 17.3 Å². The van der Waals surface area contributed by atoms with Crippen LogP contribution in [0.2, 0.25) is 5.02 Å². The van der Waals surface area contributed by atoms with E-state index in [9.17, 15) is 0 Å². The summed E-state index contributed by atoms with van der Waals surface area (Å²) in [5.74, 6) is 0.690. The summed E-state index contributed by atoms with van der Waals surface area (Å²) < 4.78 is 7.18. The van der Waals surface area contributed by atoms with E-state index >= 15 is 0 Å². The molecule has 0 aromatic heterocycles. The van der Waals surface area contributed by atoms with E-state index < -0.39 is 0 Å². The first-order valence-electron chi connectivity index (χ1n) is 5.61. The van der Waals surface area contributed by atoms with Crippen LogP contribution in [0.15, 0.2) is 45.3 Å². The zero-order chi connectivity index (χ0) is 13.8. The molecule has 1 N–H and O–H groups in total. The van der Waals surface area contributed by atoms with E-state index in [1.165, 1.54) is 0 Å². The van der Waals surface area contributed by atoms with Crippen molar-refractivity contribution in [3.05, 3.63) is 55.9 Å². The molecule has 0 aliphatic carbocycles. The highest BCUT2D eigenvalue weighted by Gasteiger charge is 2.03. The molecule has 2 nitrogen and oxygen atoms in total. The Morgan fingerprint density at radius 3 is 2.58 bits per heavy atom. The van der Waals surface area contributed by atoms with Gasteiger partial charge in [0, 0.05) is 21.2 Å². The number of nitrogens with one attached hydrogen (secondary N) is 1. The monoisotopic (exact) mass is 403 g/mol. The molecule has 0 aliphatic rings. The van der Waals surface area contributed by atoms with Crippen molar-refractivity contribution in [2.24, 2.45) is 0 Å². The number of hydrogen-bond donors (Lipinski definition) is 1. The lowest BCUT2D eigenvalue weighted by molar-refractivity contribution is 0.415. The number of ether oxygens (including phenoxy) is 1. The van der Waals surface area contributed by atoms with Crippen LogP contribution in [0.3, 0.4) is 0 Å². The minimum absolute atomic E-state index is 0.622. The minimum Gasteiger partial charge on any atom is -0.495 e. The predicted octanol–water partition coefficient (Wildman–Crippen LogP) is 5.49. The zero-order valence-corrected chi connectivity index (χ0v) is 14.1. The van der Waals surface area contributed by atoms with Crippen molar-refractivity contribution in [2.75, 3.05) is 12.4 Å². The molecular weight excluding hydrogens is 393 g/mol. The summed E-state index contributed by atoms with van der Waals surface area (Å²) in [6, 6.07) is 11.8. The van der Waals surface area contributed by atoms with Crippen LogP contribution < -0.4 is 10.1 Å². The quantitative estimate of drug-likeness (QED) is 0.727. The summed E-state index contributed by atoms with van der Waals surface area (Å²) in [6.45, 7) is 0.698. The van der Waals surface area contributed by atoms with E-state index in [2.05, 4.69) is 37.2 Å². The molecule has 100 valence electrons. The average Bonchev–Trinajstić information content (AvgIpc) is 2.38. The van der Waals surface area contributed by atoms with Gasteiger partial charge in [0.2, 0.25) is 0 Å². The second kappa shape index (κ2) is 6.64. The van der Waals surface area contributed by atoms with E-state index in [4.69, 9.17) is 16.3 Å². The Morgan fingerprint density at radius 1 is 1.16 bits per heavy atom. The first-order valence-corrected chi connectivity index (χ1v) is 7.58. The fourth-order valence-electron chi connectivity index (χ4n) is 1.65. The molecule has 2 rings (SSSR count). The van der Waals surface area contributed by atoms with Gasteiger partial charge in [0.05, 0.1) is 12.1 Å². The van der Waals surface area contributed by atoms with Crippen LogP contribution in [0.5, 0.6) is 5.75 Å². The fourth-order valence-corrected chi connectivity index (χ4v) is 3.12. The van der Waals surface area contributed by atoms with Crippen LogP contribution in [0.1, 0.15) is 5.56 Å². The molecule has 0 unspecified atom stereocenters. The molecule has 2 aromatic carbocycles. The Labute approximate surface area is 134 Å². The molecule has 0 heterocycles. The number of methoxy groups -OCH3 is 1. The van der Waals surface area contributed by atoms with Crippen molar-refractivity contribution >= 4 is 49.1 Å². The van der Waals surface area contributed by atoms with E-state index in [-0.39, 0.29) is 0 Å². The number of benzene rings is 2. The van der Waals surface area contributed by atoms with Crippen molar-refractivity contribution in [1.82, 2.24) is 0 Å². The highest BCUT2D eigenvalue weighted by Crippen LogP contribution is 2.28. The number of rotatable bonds is 4. The maximum atomic E-state index is 6.10. The van der Waals surface area contributed by atoms with Crippen LogP contribution in [-0.2, 0) is 6.54 Å². The van der Waals surface area contributed by atoms with Crippen LogP contribution >= 0.6 is 43.5 Å². The van der Waals surface area contributed by atoms with Gasteiger partial charge in [-0.2, -0.15) is 0 Å². The molecule has 0 bridgehead atoms. The standard InChI is InChI=1S/C14H12Br2ClNO/c1-19-14-5-2-9(6-12(14)17)8-18-13-4-3-10(15)7-11(13)16/h2-7,18H,8H2,1H3. The van der Waals surface area contributed by atoms with Crippen molar-refractivity contribution in [3.8, 4) is 5.75 Å². The summed E-state index contributed by atoms with van der Waals surface area (Å²) in [4.78, 5) is 0. The van der Waals surface area contributed by atoms with Gasteiger partial charge in [0.15, 0.2) is 0 Å². The maximum Gasteiger partial charge on any atom is 0.137 e. The lowest BCUT2D eigenvalue weighted by Gasteiger charge is -2.10. The van der Waals surface area contributed by atoms with Crippen molar-refractivity contribution in [1.29, 1.82) is 0 Å². The van der Waals surface area contributed by atoms with Crippen LogP contribution in [0.4, 0.5) is 5.69 Å². The largest absolute Gasteiger partial charge is 0.495 e. The van der Waals surface area contributed by atoms with Crippen LogP contribution in [0.25, 0.3) is 0 Å². The molecule has 0 saturated carbocycles. The number of halogens is 3. The molecule has 5 heteroatoms. The molecule has 0 spiro atoms. The number of anilines is 1. The molecule has 19 heavy (non-hydrogen) atoms. The summed E-state index contributed by atoms with van der Waals surface area (Å²) >= 11 is 13.0. The highest BCUT2D eigenvalue weighted by atomic mass is 79.9. The van der Waals surface area contributed by atoms with Gasteiger partial charge in [-0.1, -0.05) is 33.6 Å². The van der Waals surface area contributed by atoms with Crippen molar-refractivity contribution < 1.29 is 4.74 Å². The SMILES string of the molecule is COc1ccc(CNc2ccc(Br)cc2Br)cc1Cl. The van der Waals surface area contributed by atoms with Gasteiger partial charge < -0.3 is 10.1 Å². The molecule has 0 atom stereocenters. The molecule has 0 fully saturated rings. The van der Waals surface area contributed by atoms with Gasteiger partial charge in [-0.05, 0) is 51.8 Å². The molecule has 0 aliphatic heterocycles. The molecule has 0 radical (unpaired) electrons. The Kier molecular flexibility index (Phi) is 5.13. The summed E-state index contributed by atoms with van der Waals surface area (Å²) in [6.07, 6.45) is 0. The molecular formula is C14H12Br2ClNO. The van der Waals surface area contributed by atoms with Crippen molar-refractivity contribution in [2.45, 2.75) is 6.54 Å². The third-order valence-corrected chi connectivity index (χ3v) is 4.08. The third-order valence-electron chi connectivity index (χ3n) is 2.63. The Balaban J connectivity index is 2.08. The van der Waals surface area contributed by atoms with Gasteiger partial charge in [-0.25, -0.2) is 0 Å². The molecule has 2 aromatic rings.